The van der Waals surface area contributed by atoms with Crippen LogP contribution in [0.15, 0.2) is 33.9 Å². The molecule has 1 heterocycles. The average Bonchev–Trinajstić information content (AvgIpc) is 2.84. The summed E-state index contributed by atoms with van der Waals surface area (Å²) in [5.41, 5.74) is 1.58. The zero-order valence-corrected chi connectivity index (χ0v) is 13.1. The van der Waals surface area contributed by atoms with Gasteiger partial charge in [-0.15, -0.1) is 0 Å². The maximum absolute atomic E-state index is 12.2. The molecule has 3 nitrogen and oxygen atoms in total. The van der Waals surface area contributed by atoms with Crippen molar-refractivity contribution in [1.29, 1.82) is 0 Å². The Bertz CT molecular complexity index is 682. The maximum atomic E-state index is 12.2. The molecule has 0 saturated carbocycles. The molecule has 0 unspecified atom stereocenters. The maximum Gasteiger partial charge on any atom is 0.242 e. The molecule has 0 fully saturated rings. The Hall–Kier alpha value is -0.590. The number of hydrogen-bond donors (Lipinski definition) is 1. The molecule has 0 aliphatic carbocycles. The molecule has 2 rings (SSSR count). The summed E-state index contributed by atoms with van der Waals surface area (Å²) < 4.78 is 26.9. The van der Waals surface area contributed by atoms with E-state index in [9.17, 15) is 8.42 Å². The molecule has 1 N–H and O–H groups in total. The highest BCUT2D eigenvalue weighted by molar-refractivity contribution is 7.89. The van der Waals surface area contributed by atoms with Crippen molar-refractivity contribution in [2.24, 2.45) is 0 Å². The molecule has 7 heteroatoms. The first-order valence-electron chi connectivity index (χ1n) is 5.36. The van der Waals surface area contributed by atoms with E-state index in [-0.39, 0.29) is 16.5 Å². The highest BCUT2D eigenvalue weighted by Gasteiger charge is 2.19. The van der Waals surface area contributed by atoms with E-state index in [0.717, 1.165) is 5.56 Å². The Morgan fingerprint density at radius 2 is 2.00 bits per heavy atom. The van der Waals surface area contributed by atoms with Crippen molar-refractivity contribution in [3.63, 3.8) is 0 Å². The Morgan fingerprint density at radius 1 is 1.26 bits per heavy atom. The van der Waals surface area contributed by atoms with Crippen molar-refractivity contribution in [2.75, 3.05) is 0 Å². The Kier molecular flexibility index (Phi) is 4.53. The molecule has 0 radical (unpaired) electrons. The fourth-order valence-corrected chi connectivity index (χ4v) is 4.00. The van der Waals surface area contributed by atoms with Crippen molar-refractivity contribution < 1.29 is 8.42 Å². The van der Waals surface area contributed by atoms with E-state index >= 15 is 0 Å². The molecule has 0 atom stereocenters. The summed E-state index contributed by atoms with van der Waals surface area (Å²) in [6.07, 6.45) is 0. The lowest BCUT2D eigenvalue weighted by Crippen LogP contribution is -2.23. The first-order chi connectivity index (χ1) is 8.90. The van der Waals surface area contributed by atoms with Gasteiger partial charge in [-0.2, -0.15) is 11.3 Å². The first-order valence-corrected chi connectivity index (χ1v) is 8.55. The lowest BCUT2D eigenvalue weighted by molar-refractivity contribution is 0.581. The molecule has 0 saturated heterocycles. The Balaban J connectivity index is 2.27. The third-order valence-electron chi connectivity index (χ3n) is 2.55. The smallest absolute Gasteiger partial charge is 0.207 e. The quantitative estimate of drug-likeness (QED) is 0.922. The molecule has 0 bridgehead atoms. The second kappa shape index (κ2) is 5.81. The van der Waals surface area contributed by atoms with E-state index in [1.807, 2.05) is 16.8 Å². The lowest BCUT2D eigenvalue weighted by Gasteiger charge is -2.09. The highest BCUT2D eigenvalue weighted by atomic mass is 35.5. The molecule has 1 aromatic carbocycles. The van der Waals surface area contributed by atoms with Gasteiger partial charge in [0.2, 0.25) is 10.0 Å². The fraction of sp³-hybridized carbons (Fsp3) is 0.167. The number of rotatable bonds is 4. The number of nitrogens with one attached hydrogen (secondary N) is 1. The van der Waals surface area contributed by atoms with Gasteiger partial charge in [-0.25, -0.2) is 13.1 Å². The monoisotopic (exact) mass is 335 g/mol. The van der Waals surface area contributed by atoms with Crippen LogP contribution in [0.3, 0.4) is 0 Å². The van der Waals surface area contributed by atoms with Crippen molar-refractivity contribution in [2.45, 2.75) is 18.4 Å². The van der Waals surface area contributed by atoms with Crippen LogP contribution in [0.5, 0.6) is 0 Å². The summed E-state index contributed by atoms with van der Waals surface area (Å²) >= 11 is 13.4. The Morgan fingerprint density at radius 3 is 2.63 bits per heavy atom. The molecule has 2 aromatic rings. The van der Waals surface area contributed by atoms with Crippen molar-refractivity contribution in [3.8, 4) is 0 Å². The third kappa shape index (κ3) is 3.49. The largest absolute Gasteiger partial charge is 0.242 e. The number of sulfonamides is 1. The predicted molar refractivity (Wildman–Crippen MR) is 79.5 cm³/mol. The van der Waals surface area contributed by atoms with E-state index in [4.69, 9.17) is 23.2 Å². The number of halogens is 2. The second-order valence-electron chi connectivity index (χ2n) is 3.99. The first kappa shape index (κ1) is 14.8. The molecule has 1 aromatic heterocycles. The van der Waals surface area contributed by atoms with E-state index in [0.29, 0.717) is 10.6 Å². The number of thiophene rings is 1. The van der Waals surface area contributed by atoms with Gasteiger partial charge >= 0.3 is 0 Å². The van der Waals surface area contributed by atoms with Gasteiger partial charge in [0.15, 0.2) is 0 Å². The standard InChI is InChI=1S/C12H11Cl2NO2S2/c1-8-4-12(11(14)5-10(8)13)19(16,17)15-6-9-2-3-18-7-9/h2-5,7,15H,6H2,1H3. The van der Waals surface area contributed by atoms with Crippen LogP contribution in [0.25, 0.3) is 0 Å². The van der Waals surface area contributed by atoms with E-state index in [1.165, 1.54) is 23.5 Å². The van der Waals surface area contributed by atoms with Crippen LogP contribution in [0, 0.1) is 6.92 Å². The summed E-state index contributed by atoms with van der Waals surface area (Å²) in [5.74, 6) is 0. The lowest BCUT2D eigenvalue weighted by atomic mass is 10.2. The molecule has 0 amide bonds. The van der Waals surface area contributed by atoms with Crippen LogP contribution in [0.1, 0.15) is 11.1 Å². The van der Waals surface area contributed by atoms with Gasteiger partial charge in [0.05, 0.1) is 5.02 Å². The van der Waals surface area contributed by atoms with Crippen molar-refractivity contribution >= 4 is 44.6 Å². The zero-order valence-electron chi connectivity index (χ0n) is 9.98. The topological polar surface area (TPSA) is 46.2 Å². The fourth-order valence-electron chi connectivity index (χ4n) is 1.49. The SMILES string of the molecule is Cc1cc(S(=O)(=O)NCc2ccsc2)c(Cl)cc1Cl. The van der Waals surface area contributed by atoms with E-state index < -0.39 is 10.0 Å². The zero-order chi connectivity index (χ0) is 14.0. The summed E-state index contributed by atoms with van der Waals surface area (Å²) in [6.45, 7) is 1.97. The molecule has 0 spiro atoms. The molecule has 19 heavy (non-hydrogen) atoms. The predicted octanol–water partition coefficient (Wildman–Crippen LogP) is 3.84. The van der Waals surface area contributed by atoms with E-state index in [2.05, 4.69) is 4.72 Å². The van der Waals surface area contributed by atoms with Gasteiger partial charge in [0.25, 0.3) is 0 Å². The second-order valence-corrected chi connectivity index (χ2v) is 7.32. The van der Waals surface area contributed by atoms with Crippen LogP contribution in [0.2, 0.25) is 10.0 Å². The van der Waals surface area contributed by atoms with Gasteiger partial charge in [0, 0.05) is 11.6 Å². The van der Waals surface area contributed by atoms with Gasteiger partial charge in [-0.05, 0) is 47.0 Å². The van der Waals surface area contributed by atoms with Crippen LogP contribution in [-0.4, -0.2) is 8.42 Å². The van der Waals surface area contributed by atoms with Crippen molar-refractivity contribution in [3.05, 3.63) is 50.1 Å². The number of hydrogen-bond acceptors (Lipinski definition) is 3. The summed E-state index contributed by atoms with van der Waals surface area (Å²) in [6, 6.07) is 4.78. The molecule has 0 aliphatic rings. The third-order valence-corrected chi connectivity index (χ3v) is 5.55. The van der Waals surface area contributed by atoms with Crippen molar-refractivity contribution in [1.82, 2.24) is 4.72 Å². The molecular weight excluding hydrogens is 325 g/mol. The minimum Gasteiger partial charge on any atom is -0.207 e. The molecule has 0 aliphatic heterocycles. The van der Waals surface area contributed by atoms with E-state index in [1.54, 1.807) is 6.92 Å². The van der Waals surface area contributed by atoms with Gasteiger partial charge in [-0.3, -0.25) is 0 Å². The van der Waals surface area contributed by atoms with Crippen LogP contribution in [0.4, 0.5) is 0 Å². The van der Waals surface area contributed by atoms with Gasteiger partial charge in [0.1, 0.15) is 4.90 Å². The molecular formula is C12H11Cl2NO2S2. The summed E-state index contributed by atoms with van der Waals surface area (Å²) in [5, 5.41) is 4.34. The van der Waals surface area contributed by atoms with Gasteiger partial charge < -0.3 is 0 Å². The number of aryl methyl sites for hydroxylation is 1. The van der Waals surface area contributed by atoms with Crippen LogP contribution >= 0.6 is 34.5 Å². The minimum atomic E-state index is -3.64. The highest BCUT2D eigenvalue weighted by Crippen LogP contribution is 2.28. The summed E-state index contributed by atoms with van der Waals surface area (Å²) in [4.78, 5) is 0.0475. The van der Waals surface area contributed by atoms with Crippen LogP contribution < -0.4 is 4.72 Å². The average molecular weight is 336 g/mol. The minimum absolute atomic E-state index is 0.0475. The normalized spacial score (nSPS) is 11.7. The van der Waals surface area contributed by atoms with Crippen LogP contribution in [-0.2, 0) is 16.6 Å². The Labute approximate surface area is 126 Å². The number of benzene rings is 1. The van der Waals surface area contributed by atoms with Gasteiger partial charge in [-0.1, -0.05) is 23.2 Å². The summed E-state index contributed by atoms with van der Waals surface area (Å²) in [7, 11) is -3.64. The molecule has 102 valence electrons.